The third-order valence-electron chi connectivity index (χ3n) is 3.20. The summed E-state index contributed by atoms with van der Waals surface area (Å²) in [4.78, 5) is 10.3. The largest absolute Gasteiger partial charge is 0.508 e. The molecule has 0 aliphatic carbocycles. The molecule has 2 rings (SSSR count). The minimum atomic E-state index is -0.706. The van der Waals surface area contributed by atoms with Gasteiger partial charge in [-0.05, 0) is 31.5 Å². The van der Waals surface area contributed by atoms with E-state index in [-0.39, 0.29) is 17.1 Å². The number of phenols is 1. The lowest BCUT2D eigenvalue weighted by atomic mass is 10.0. The van der Waals surface area contributed by atoms with Gasteiger partial charge in [-0.3, -0.25) is 10.1 Å². The molecule has 0 saturated heterocycles. The number of benzene rings is 2. The Morgan fingerprint density at radius 3 is 2.67 bits per heavy atom. The maximum Gasteiger partial charge on any atom is 0.295 e. The highest BCUT2D eigenvalue weighted by molar-refractivity contribution is 5.63. The summed E-state index contributed by atoms with van der Waals surface area (Å²) in [6, 6.07) is 8.28. The van der Waals surface area contributed by atoms with Gasteiger partial charge in [-0.1, -0.05) is 18.2 Å². The number of nitro benzene ring substituents is 1. The van der Waals surface area contributed by atoms with Gasteiger partial charge in [-0.2, -0.15) is 0 Å². The molecule has 0 aliphatic heterocycles. The summed E-state index contributed by atoms with van der Waals surface area (Å²) in [5, 5.41) is 23.6. The fourth-order valence-electron chi connectivity index (χ4n) is 2.12. The number of halogens is 1. The molecule has 6 heteroatoms. The number of aryl methyl sites for hydroxylation is 1. The lowest BCUT2D eigenvalue weighted by molar-refractivity contribution is -0.384. The van der Waals surface area contributed by atoms with Gasteiger partial charge in [0.1, 0.15) is 11.4 Å². The van der Waals surface area contributed by atoms with Gasteiger partial charge in [0.2, 0.25) is 0 Å². The van der Waals surface area contributed by atoms with Crippen molar-refractivity contribution in [3.05, 3.63) is 63.5 Å². The van der Waals surface area contributed by atoms with Gasteiger partial charge in [-0.25, -0.2) is 4.39 Å². The first kappa shape index (κ1) is 14.8. The van der Waals surface area contributed by atoms with Crippen LogP contribution in [-0.4, -0.2) is 10.0 Å². The van der Waals surface area contributed by atoms with Gasteiger partial charge in [0, 0.05) is 11.6 Å². The molecule has 2 aromatic carbocycles. The van der Waals surface area contributed by atoms with E-state index in [1.54, 1.807) is 19.1 Å². The van der Waals surface area contributed by atoms with Crippen LogP contribution in [-0.2, 0) is 0 Å². The molecular formula is C15H15FN2O3. The van der Waals surface area contributed by atoms with Gasteiger partial charge in [0.15, 0.2) is 5.82 Å². The van der Waals surface area contributed by atoms with Gasteiger partial charge in [0.25, 0.3) is 5.69 Å². The van der Waals surface area contributed by atoms with Gasteiger partial charge in [0.05, 0.1) is 11.0 Å². The normalized spacial score (nSPS) is 12.0. The van der Waals surface area contributed by atoms with Crippen LogP contribution in [0.3, 0.4) is 0 Å². The number of rotatable bonds is 4. The topological polar surface area (TPSA) is 75.4 Å². The zero-order chi connectivity index (χ0) is 15.6. The van der Waals surface area contributed by atoms with Crippen LogP contribution in [0.5, 0.6) is 5.75 Å². The number of phenolic OH excluding ortho intramolecular Hbond substituents is 1. The maximum absolute atomic E-state index is 13.8. The summed E-state index contributed by atoms with van der Waals surface area (Å²) in [6.45, 7) is 3.53. The van der Waals surface area contributed by atoms with Crippen LogP contribution >= 0.6 is 0 Å². The second-order valence-corrected chi connectivity index (χ2v) is 4.82. The zero-order valence-electron chi connectivity index (χ0n) is 11.6. The van der Waals surface area contributed by atoms with E-state index in [4.69, 9.17) is 0 Å². The highest BCUT2D eigenvalue weighted by atomic mass is 19.1. The average Bonchev–Trinajstić information content (AvgIpc) is 2.40. The first-order valence-electron chi connectivity index (χ1n) is 6.39. The summed E-state index contributed by atoms with van der Waals surface area (Å²) in [5.74, 6) is -0.642. The predicted molar refractivity (Wildman–Crippen MR) is 77.9 cm³/mol. The molecule has 0 amide bonds. The number of hydrogen-bond donors (Lipinski definition) is 2. The van der Waals surface area contributed by atoms with Gasteiger partial charge >= 0.3 is 0 Å². The van der Waals surface area contributed by atoms with Crippen molar-refractivity contribution >= 4 is 11.4 Å². The fraction of sp³-hybridized carbons (Fsp3) is 0.200. The summed E-state index contributed by atoms with van der Waals surface area (Å²) >= 11 is 0. The molecule has 0 saturated carbocycles. The van der Waals surface area contributed by atoms with Crippen molar-refractivity contribution in [3.63, 3.8) is 0 Å². The molecule has 1 unspecified atom stereocenters. The molecule has 5 nitrogen and oxygen atoms in total. The van der Waals surface area contributed by atoms with Crippen LogP contribution in [0.4, 0.5) is 15.8 Å². The standard InChI is InChI=1S/C15H15FN2O3/c1-9-6-7-11(14(19)8-9)10(2)17-15-12(16)4-3-5-13(15)18(20)21/h3-8,10,17,19H,1-2H3. The van der Waals surface area contributed by atoms with E-state index in [0.29, 0.717) is 5.56 Å². The van der Waals surface area contributed by atoms with Crippen molar-refractivity contribution in [1.29, 1.82) is 0 Å². The van der Waals surface area contributed by atoms with E-state index in [9.17, 15) is 19.6 Å². The van der Waals surface area contributed by atoms with E-state index in [0.717, 1.165) is 11.6 Å². The third-order valence-corrected chi connectivity index (χ3v) is 3.20. The highest BCUT2D eigenvalue weighted by Gasteiger charge is 2.20. The number of anilines is 1. The van der Waals surface area contributed by atoms with Crippen LogP contribution < -0.4 is 5.32 Å². The Morgan fingerprint density at radius 2 is 2.05 bits per heavy atom. The SMILES string of the molecule is Cc1ccc(C(C)Nc2c(F)cccc2[N+](=O)[O-])c(O)c1. The van der Waals surface area contributed by atoms with E-state index >= 15 is 0 Å². The molecular weight excluding hydrogens is 275 g/mol. The summed E-state index contributed by atoms with van der Waals surface area (Å²) in [5.41, 5.74) is 0.905. The molecule has 0 radical (unpaired) electrons. The summed E-state index contributed by atoms with van der Waals surface area (Å²) in [6.07, 6.45) is 0. The average molecular weight is 290 g/mol. The van der Waals surface area contributed by atoms with Crippen molar-refractivity contribution in [1.82, 2.24) is 0 Å². The Kier molecular flexibility index (Phi) is 4.07. The van der Waals surface area contributed by atoms with Crippen molar-refractivity contribution < 1.29 is 14.4 Å². The second-order valence-electron chi connectivity index (χ2n) is 4.82. The molecule has 0 spiro atoms. The zero-order valence-corrected chi connectivity index (χ0v) is 11.6. The first-order chi connectivity index (χ1) is 9.90. The predicted octanol–water partition coefficient (Wildman–Crippen LogP) is 3.92. The van der Waals surface area contributed by atoms with Crippen LogP contribution in [0.1, 0.15) is 24.1 Å². The van der Waals surface area contributed by atoms with E-state index in [1.165, 1.54) is 12.1 Å². The van der Waals surface area contributed by atoms with Crippen LogP contribution in [0.15, 0.2) is 36.4 Å². The minimum Gasteiger partial charge on any atom is -0.508 e. The third kappa shape index (κ3) is 3.10. The Labute approximate surface area is 121 Å². The maximum atomic E-state index is 13.8. The number of nitrogens with zero attached hydrogens (tertiary/aromatic N) is 1. The molecule has 2 aromatic rings. The number of para-hydroxylation sites is 1. The first-order valence-corrected chi connectivity index (χ1v) is 6.39. The number of hydrogen-bond acceptors (Lipinski definition) is 4. The Hall–Kier alpha value is -2.63. The van der Waals surface area contributed by atoms with Crippen LogP contribution in [0, 0.1) is 22.9 Å². The number of nitrogens with one attached hydrogen (secondary N) is 1. The molecule has 0 heterocycles. The smallest absolute Gasteiger partial charge is 0.295 e. The summed E-state index contributed by atoms with van der Waals surface area (Å²) in [7, 11) is 0. The highest BCUT2D eigenvalue weighted by Crippen LogP contribution is 2.33. The molecule has 0 aliphatic rings. The lowest BCUT2D eigenvalue weighted by Gasteiger charge is -2.17. The summed E-state index contributed by atoms with van der Waals surface area (Å²) < 4.78 is 13.8. The Bertz CT molecular complexity index is 689. The van der Waals surface area contributed by atoms with Crippen molar-refractivity contribution in [3.8, 4) is 5.75 Å². The molecule has 0 aromatic heterocycles. The van der Waals surface area contributed by atoms with Crippen molar-refractivity contribution in [2.24, 2.45) is 0 Å². The monoisotopic (exact) mass is 290 g/mol. The van der Waals surface area contributed by atoms with Crippen molar-refractivity contribution in [2.45, 2.75) is 19.9 Å². The molecule has 0 fully saturated rings. The second kappa shape index (κ2) is 5.78. The van der Waals surface area contributed by atoms with Crippen LogP contribution in [0.25, 0.3) is 0 Å². The minimum absolute atomic E-state index is 0.0639. The molecule has 2 N–H and O–H groups in total. The van der Waals surface area contributed by atoms with E-state index in [1.807, 2.05) is 13.0 Å². The van der Waals surface area contributed by atoms with E-state index in [2.05, 4.69) is 5.32 Å². The Balaban J connectivity index is 2.36. The molecule has 1 atom stereocenters. The quantitative estimate of drug-likeness (QED) is 0.661. The molecule has 110 valence electrons. The van der Waals surface area contributed by atoms with E-state index < -0.39 is 16.8 Å². The van der Waals surface area contributed by atoms with Crippen LogP contribution in [0.2, 0.25) is 0 Å². The van der Waals surface area contributed by atoms with Gasteiger partial charge in [-0.15, -0.1) is 0 Å². The Morgan fingerprint density at radius 1 is 1.33 bits per heavy atom. The number of aromatic hydroxyl groups is 1. The van der Waals surface area contributed by atoms with Gasteiger partial charge < -0.3 is 10.4 Å². The number of nitro groups is 1. The lowest BCUT2D eigenvalue weighted by Crippen LogP contribution is -2.10. The molecule has 0 bridgehead atoms. The molecule has 21 heavy (non-hydrogen) atoms. The van der Waals surface area contributed by atoms with Crippen molar-refractivity contribution in [2.75, 3.05) is 5.32 Å². The fourth-order valence-corrected chi connectivity index (χ4v) is 2.12.